The Morgan fingerprint density at radius 1 is 1.14 bits per heavy atom. The van der Waals surface area contributed by atoms with Crippen LogP contribution in [0.15, 0.2) is 30.3 Å². The molecule has 0 radical (unpaired) electrons. The van der Waals surface area contributed by atoms with E-state index in [9.17, 15) is 9.18 Å². The number of ether oxygens (including phenoxy) is 1. The van der Waals surface area contributed by atoms with Gasteiger partial charge in [0.2, 0.25) is 0 Å². The molecular weight excluding hydrogens is 271 g/mol. The van der Waals surface area contributed by atoms with E-state index in [1.54, 1.807) is 0 Å². The van der Waals surface area contributed by atoms with Crippen LogP contribution >= 0.6 is 0 Å². The fourth-order valence-electron chi connectivity index (χ4n) is 1.57. The highest BCUT2D eigenvalue weighted by atomic mass is 19.1. The Kier molecular flexibility index (Phi) is 17.3. The van der Waals surface area contributed by atoms with E-state index >= 15 is 0 Å². The van der Waals surface area contributed by atoms with Crippen molar-refractivity contribution in [2.75, 3.05) is 7.18 Å². The summed E-state index contributed by atoms with van der Waals surface area (Å²) in [6.45, 7) is 5.97. The molecule has 0 aliphatic carbocycles. The van der Waals surface area contributed by atoms with Gasteiger partial charge in [-0.1, -0.05) is 57.0 Å². The average molecular weight is 300 g/mol. The predicted octanol–water partition coefficient (Wildman–Crippen LogP) is 4.28. The highest BCUT2D eigenvalue weighted by Gasteiger charge is 1.97. The molecule has 0 fully saturated rings. The minimum absolute atomic E-state index is 0.0370. The molecule has 0 saturated carbocycles. The van der Waals surface area contributed by atoms with Gasteiger partial charge in [-0.15, -0.1) is 0 Å². The Morgan fingerprint density at radius 3 is 2.00 bits per heavy atom. The van der Waals surface area contributed by atoms with E-state index < -0.39 is 0 Å². The summed E-state index contributed by atoms with van der Waals surface area (Å²) in [7, 11) is 0.500. The number of aliphatic hydroxyl groups excluding tert-OH is 1. The number of alkyl halides is 1. The first-order chi connectivity index (χ1) is 10.1. The van der Waals surface area contributed by atoms with Crippen molar-refractivity contribution >= 4 is 5.97 Å². The number of carbonyl (C=O) groups excluding carboxylic acids is 1. The van der Waals surface area contributed by atoms with Crippen molar-refractivity contribution < 1.29 is 19.0 Å². The molecule has 122 valence electrons. The number of benzene rings is 1. The van der Waals surface area contributed by atoms with Gasteiger partial charge in [-0.05, 0) is 18.4 Å². The molecule has 0 saturated heterocycles. The molecule has 0 amide bonds. The highest BCUT2D eigenvalue weighted by Crippen LogP contribution is 2.02. The van der Waals surface area contributed by atoms with Crippen molar-refractivity contribution in [1.29, 1.82) is 0 Å². The predicted molar refractivity (Wildman–Crippen MR) is 84.8 cm³/mol. The molecule has 1 aromatic carbocycles. The molecule has 0 unspecified atom stereocenters. The maximum Gasteiger partial charge on any atom is 0.302 e. The van der Waals surface area contributed by atoms with Crippen LogP contribution in [0.3, 0.4) is 0 Å². The molecule has 0 bridgehead atoms. The molecule has 1 aromatic rings. The van der Waals surface area contributed by atoms with Crippen molar-refractivity contribution in [3.8, 4) is 0 Å². The minimum atomic E-state index is -0.242. The summed E-state index contributed by atoms with van der Waals surface area (Å²) < 4.78 is 14.3. The summed E-state index contributed by atoms with van der Waals surface area (Å²) in [5.41, 5.74) is 1.02. The van der Waals surface area contributed by atoms with Gasteiger partial charge in [0.15, 0.2) is 0 Å². The average Bonchev–Trinajstić information content (AvgIpc) is 2.49. The lowest BCUT2D eigenvalue weighted by atomic mass is 10.1. The minimum Gasteiger partial charge on any atom is -0.461 e. The van der Waals surface area contributed by atoms with Crippen molar-refractivity contribution in [1.82, 2.24) is 0 Å². The van der Waals surface area contributed by atoms with E-state index in [4.69, 9.17) is 9.84 Å². The Bertz CT molecular complexity index is 322. The molecule has 0 heterocycles. The second-order valence-electron chi connectivity index (χ2n) is 4.50. The number of hydrogen-bond donors (Lipinski definition) is 1. The molecule has 3 nitrogen and oxygen atoms in total. The second-order valence-corrected chi connectivity index (χ2v) is 4.50. The van der Waals surface area contributed by atoms with Crippen LogP contribution in [-0.4, -0.2) is 24.4 Å². The van der Waals surface area contributed by atoms with Crippen molar-refractivity contribution in [2.45, 2.75) is 59.2 Å². The third-order valence-corrected chi connectivity index (χ3v) is 2.53. The zero-order valence-corrected chi connectivity index (χ0v) is 13.6. The lowest BCUT2D eigenvalue weighted by Gasteiger charge is -2.04. The third kappa shape index (κ3) is 16.5. The number of aliphatic hydroxyl groups is 1. The summed E-state index contributed by atoms with van der Waals surface area (Å²) in [6.07, 6.45) is 4.09. The quantitative estimate of drug-likeness (QED) is 0.797. The van der Waals surface area contributed by atoms with Gasteiger partial charge in [0.25, 0.3) is 0 Å². The summed E-state index contributed by atoms with van der Waals surface area (Å²) in [5.74, 6) is -0.242. The number of carbonyl (C=O) groups is 1. The Labute approximate surface area is 128 Å². The largest absolute Gasteiger partial charge is 0.461 e. The molecule has 0 aliphatic rings. The lowest BCUT2D eigenvalue weighted by molar-refractivity contribution is -0.142. The normalized spacial score (nSPS) is 9.10. The van der Waals surface area contributed by atoms with E-state index in [-0.39, 0.29) is 12.1 Å². The van der Waals surface area contributed by atoms with Crippen LogP contribution < -0.4 is 0 Å². The highest BCUT2D eigenvalue weighted by molar-refractivity contribution is 5.65. The summed E-state index contributed by atoms with van der Waals surface area (Å²) in [5, 5.41) is 9.05. The summed E-state index contributed by atoms with van der Waals surface area (Å²) in [6, 6.07) is 9.60. The van der Waals surface area contributed by atoms with Gasteiger partial charge in [0.05, 0.1) is 13.3 Å². The van der Waals surface area contributed by atoms with Crippen molar-refractivity contribution in [2.24, 2.45) is 0 Å². The standard InChI is InChI=1S/C9H10O2.C7H16O.CH3F/c1-8(10)11-7-9-5-3-2-4-6-9;1-3-5-7(8)6-4-2;1-2/h2-6H,7H2,1H3;7-8H,3-6H2,1-2H3;1H3. The molecule has 0 atom stereocenters. The van der Waals surface area contributed by atoms with Crippen LogP contribution in [0.25, 0.3) is 0 Å². The molecule has 0 aromatic heterocycles. The zero-order chi connectivity index (χ0) is 16.5. The lowest BCUT2D eigenvalue weighted by Crippen LogP contribution is -2.03. The Morgan fingerprint density at radius 2 is 1.62 bits per heavy atom. The molecule has 1 N–H and O–H groups in total. The zero-order valence-electron chi connectivity index (χ0n) is 13.6. The maximum atomic E-state index is 10.4. The van der Waals surface area contributed by atoms with Crippen LogP contribution in [0.2, 0.25) is 0 Å². The van der Waals surface area contributed by atoms with Gasteiger partial charge >= 0.3 is 5.97 Å². The van der Waals surface area contributed by atoms with E-state index in [0.29, 0.717) is 13.8 Å². The first-order valence-corrected chi connectivity index (χ1v) is 7.33. The van der Waals surface area contributed by atoms with E-state index in [1.807, 2.05) is 30.3 Å². The van der Waals surface area contributed by atoms with Crippen molar-refractivity contribution in [3.63, 3.8) is 0 Å². The fraction of sp³-hybridized carbons (Fsp3) is 0.588. The van der Waals surface area contributed by atoms with E-state index in [0.717, 1.165) is 31.2 Å². The van der Waals surface area contributed by atoms with Gasteiger partial charge in [0, 0.05) is 6.92 Å². The van der Waals surface area contributed by atoms with E-state index in [2.05, 4.69) is 13.8 Å². The summed E-state index contributed by atoms with van der Waals surface area (Å²) in [4.78, 5) is 10.4. The summed E-state index contributed by atoms with van der Waals surface area (Å²) >= 11 is 0. The molecule has 0 aliphatic heterocycles. The SMILES string of the molecule is CC(=O)OCc1ccccc1.CCCC(O)CCC.CF. The first-order valence-electron chi connectivity index (χ1n) is 7.33. The molecular formula is C17H29FO3. The van der Waals surface area contributed by atoms with Gasteiger partial charge in [-0.3, -0.25) is 9.18 Å². The van der Waals surface area contributed by atoms with Gasteiger partial charge in [-0.25, -0.2) is 0 Å². The Balaban J connectivity index is 0. The number of rotatable bonds is 6. The van der Waals surface area contributed by atoms with Gasteiger partial charge in [-0.2, -0.15) is 0 Å². The monoisotopic (exact) mass is 300 g/mol. The third-order valence-electron chi connectivity index (χ3n) is 2.53. The Hall–Kier alpha value is -1.42. The van der Waals surface area contributed by atoms with Crippen LogP contribution in [0.5, 0.6) is 0 Å². The van der Waals surface area contributed by atoms with Gasteiger partial charge in [0.1, 0.15) is 6.61 Å². The molecule has 1 rings (SSSR count). The molecule has 21 heavy (non-hydrogen) atoms. The van der Waals surface area contributed by atoms with Crippen LogP contribution in [0, 0.1) is 0 Å². The number of halogens is 1. The maximum absolute atomic E-state index is 10.4. The van der Waals surface area contributed by atoms with E-state index in [1.165, 1.54) is 6.92 Å². The second kappa shape index (κ2) is 16.6. The number of esters is 1. The fourth-order valence-corrected chi connectivity index (χ4v) is 1.57. The van der Waals surface area contributed by atoms with Crippen LogP contribution in [0.4, 0.5) is 4.39 Å². The topological polar surface area (TPSA) is 46.5 Å². The number of hydrogen-bond acceptors (Lipinski definition) is 3. The first kappa shape index (κ1) is 21.9. The van der Waals surface area contributed by atoms with Crippen molar-refractivity contribution in [3.05, 3.63) is 35.9 Å². The smallest absolute Gasteiger partial charge is 0.302 e. The molecule has 4 heteroatoms. The van der Waals surface area contributed by atoms with Crippen LogP contribution in [0.1, 0.15) is 52.0 Å². The van der Waals surface area contributed by atoms with Crippen LogP contribution in [-0.2, 0) is 16.1 Å². The molecule has 0 spiro atoms. The van der Waals surface area contributed by atoms with Gasteiger partial charge < -0.3 is 9.84 Å².